The van der Waals surface area contributed by atoms with Crippen LogP contribution in [0.2, 0.25) is 0 Å². The molecular formula is C87H142O17P2. The van der Waals surface area contributed by atoms with Gasteiger partial charge in [-0.15, -0.1) is 0 Å². The zero-order valence-corrected chi connectivity index (χ0v) is 67.6. The lowest BCUT2D eigenvalue weighted by atomic mass is 10.1. The predicted octanol–water partition coefficient (Wildman–Crippen LogP) is 23.8. The maximum absolute atomic E-state index is 13.1. The van der Waals surface area contributed by atoms with Crippen molar-refractivity contribution in [2.45, 2.75) is 316 Å². The van der Waals surface area contributed by atoms with Crippen molar-refractivity contribution in [1.29, 1.82) is 0 Å². The van der Waals surface area contributed by atoms with E-state index in [4.69, 9.17) is 37.0 Å². The largest absolute Gasteiger partial charge is 0.472 e. The summed E-state index contributed by atoms with van der Waals surface area (Å²) in [5, 5.41) is 10.6. The quantitative estimate of drug-likeness (QED) is 0.0169. The van der Waals surface area contributed by atoms with Gasteiger partial charge < -0.3 is 33.8 Å². The lowest BCUT2D eigenvalue weighted by Gasteiger charge is -2.21. The van der Waals surface area contributed by atoms with Crippen molar-refractivity contribution in [3.05, 3.63) is 170 Å². The van der Waals surface area contributed by atoms with Gasteiger partial charge in [-0.1, -0.05) is 268 Å². The van der Waals surface area contributed by atoms with Crippen molar-refractivity contribution in [1.82, 2.24) is 0 Å². The summed E-state index contributed by atoms with van der Waals surface area (Å²) in [7, 11) is -10.00. The van der Waals surface area contributed by atoms with Crippen LogP contribution in [0.5, 0.6) is 0 Å². The van der Waals surface area contributed by atoms with Crippen LogP contribution in [-0.4, -0.2) is 96.7 Å². The van der Waals surface area contributed by atoms with Crippen LogP contribution in [0.4, 0.5) is 0 Å². The number of unbranched alkanes of at least 4 members (excludes halogenated alkanes) is 20. The molecule has 0 bridgehead atoms. The molecule has 0 aromatic carbocycles. The number of rotatable bonds is 74. The molecule has 0 radical (unpaired) electrons. The van der Waals surface area contributed by atoms with E-state index in [-0.39, 0.29) is 25.7 Å². The van der Waals surface area contributed by atoms with Crippen LogP contribution >= 0.6 is 15.6 Å². The minimum atomic E-state index is -5.00. The van der Waals surface area contributed by atoms with E-state index in [0.29, 0.717) is 25.7 Å². The van der Waals surface area contributed by atoms with Gasteiger partial charge >= 0.3 is 39.5 Å². The Bertz CT molecular complexity index is 2680. The fourth-order valence-corrected chi connectivity index (χ4v) is 11.7. The van der Waals surface area contributed by atoms with E-state index in [0.717, 1.165) is 193 Å². The second-order valence-corrected chi connectivity index (χ2v) is 29.1. The van der Waals surface area contributed by atoms with Gasteiger partial charge in [0.05, 0.1) is 26.4 Å². The molecule has 0 aliphatic heterocycles. The van der Waals surface area contributed by atoms with Crippen molar-refractivity contribution >= 4 is 39.5 Å². The first-order valence-electron chi connectivity index (χ1n) is 40.4. The second kappa shape index (κ2) is 77.6. The fraction of sp³-hybridized carbons (Fsp3) is 0.632. The summed E-state index contributed by atoms with van der Waals surface area (Å²) < 4.78 is 68.6. The minimum absolute atomic E-state index is 0.0524. The predicted molar refractivity (Wildman–Crippen MR) is 436 cm³/mol. The lowest BCUT2D eigenvalue weighted by molar-refractivity contribution is -0.161. The van der Waals surface area contributed by atoms with Crippen LogP contribution in [0, 0.1) is 0 Å². The molecule has 3 N–H and O–H groups in total. The van der Waals surface area contributed by atoms with Crippen LogP contribution in [0.1, 0.15) is 297 Å². The zero-order valence-electron chi connectivity index (χ0n) is 65.8. The summed E-state index contributed by atoms with van der Waals surface area (Å²) >= 11 is 0. The molecule has 0 aromatic rings. The second-order valence-electron chi connectivity index (χ2n) is 26.2. The molecule has 0 heterocycles. The number of hydrogen-bond donors (Lipinski definition) is 3. The molecule has 106 heavy (non-hydrogen) atoms. The number of hydrogen-bond acceptors (Lipinski definition) is 15. The Morgan fingerprint density at radius 3 is 0.774 bits per heavy atom. The highest BCUT2D eigenvalue weighted by Crippen LogP contribution is 2.45. The number of carbonyl (C=O) groups is 4. The van der Waals surface area contributed by atoms with E-state index in [2.05, 4.69) is 198 Å². The van der Waals surface area contributed by atoms with E-state index in [1.165, 1.54) is 25.7 Å². The summed E-state index contributed by atoms with van der Waals surface area (Å²) in [6, 6.07) is 0. The third-order valence-electron chi connectivity index (χ3n) is 16.2. The molecule has 602 valence electrons. The molecule has 0 saturated carbocycles. The normalized spacial score (nSPS) is 14.7. The fourth-order valence-electron chi connectivity index (χ4n) is 10.1. The third-order valence-corrected chi connectivity index (χ3v) is 18.1. The summed E-state index contributed by atoms with van der Waals surface area (Å²) in [6.07, 6.45) is 91.8. The van der Waals surface area contributed by atoms with Crippen LogP contribution in [-0.2, 0) is 65.4 Å². The molecule has 0 fully saturated rings. The number of ether oxygens (including phenoxy) is 4. The molecule has 5 unspecified atom stereocenters. The molecule has 0 aliphatic carbocycles. The molecule has 17 nitrogen and oxygen atoms in total. The van der Waals surface area contributed by atoms with Crippen molar-refractivity contribution in [3.63, 3.8) is 0 Å². The maximum atomic E-state index is 13.1. The highest BCUT2D eigenvalue weighted by molar-refractivity contribution is 7.47. The Labute approximate surface area is 642 Å². The Kier molecular flexibility index (Phi) is 73.5. The van der Waals surface area contributed by atoms with Gasteiger partial charge in [-0.3, -0.25) is 37.3 Å². The van der Waals surface area contributed by atoms with Gasteiger partial charge in [-0.05, 0) is 173 Å². The van der Waals surface area contributed by atoms with Gasteiger partial charge in [0, 0.05) is 25.7 Å². The molecule has 0 spiro atoms. The van der Waals surface area contributed by atoms with E-state index in [1.807, 2.05) is 0 Å². The average Bonchev–Trinajstić information content (AvgIpc) is 0.907. The summed E-state index contributed by atoms with van der Waals surface area (Å²) in [6.45, 7) is 4.41. The maximum Gasteiger partial charge on any atom is 0.472 e. The number of esters is 4. The van der Waals surface area contributed by atoms with Gasteiger partial charge in [0.25, 0.3) is 0 Å². The van der Waals surface area contributed by atoms with Gasteiger partial charge in [0.15, 0.2) is 12.2 Å². The first kappa shape index (κ1) is 100. The van der Waals surface area contributed by atoms with E-state index >= 15 is 0 Å². The van der Waals surface area contributed by atoms with Gasteiger partial charge in [0.2, 0.25) is 0 Å². The van der Waals surface area contributed by atoms with Crippen LogP contribution in [0.15, 0.2) is 170 Å². The number of carbonyl (C=O) groups excluding carboxylic acids is 4. The van der Waals surface area contributed by atoms with Crippen molar-refractivity contribution in [2.75, 3.05) is 39.6 Å². The monoisotopic (exact) mass is 1520 g/mol. The molecule has 0 aliphatic rings. The van der Waals surface area contributed by atoms with Crippen molar-refractivity contribution in [2.24, 2.45) is 0 Å². The number of phosphoric ester groups is 2. The minimum Gasteiger partial charge on any atom is -0.462 e. The van der Waals surface area contributed by atoms with E-state index in [9.17, 15) is 43.2 Å². The molecule has 19 heteroatoms. The zero-order chi connectivity index (χ0) is 77.4. The van der Waals surface area contributed by atoms with Crippen LogP contribution in [0.25, 0.3) is 0 Å². The highest BCUT2D eigenvalue weighted by atomic mass is 31.2. The molecular weight excluding hydrogens is 1380 g/mol. The standard InChI is InChI=1S/C87H142O17P2/c1-5-9-13-17-21-25-29-33-36-39-40-43-45-49-52-56-60-64-68-72-85(90)98-78-83(104-87(92)74-70-66-62-58-54-50-46-42-38-35-31-27-23-19-15-11-7-3)80-102-106(95,96)100-76-81(88)75-99-105(93,94)101-79-82(103-86(91)73-69-65-61-57-53-47-32-28-24-20-16-12-8-4)77-97-84(89)71-67-63-59-55-51-48-44-41-37-34-30-26-22-18-14-10-6-2/h9-11,13-15,21-23,25-28,32-38,40,43-44,46,48-50,52,81-83,88H,5-8,12,16-20,24,29-31,39,41-42,45,47,51,53-80H2,1-4H3,(H,93,94)(H,95,96)/b13-9-,14-10-,15-11-,25-21-,26-22-,27-23-,32-28-,36-33-,37-34-,38-35-,43-40-,48-44-,50-46-,52-49-. The first-order valence-corrected chi connectivity index (χ1v) is 43.4. The molecule has 0 saturated heterocycles. The van der Waals surface area contributed by atoms with Crippen LogP contribution < -0.4 is 0 Å². The SMILES string of the molecule is CC/C=C\C/C=C\C/C=C\C/C=C\C/C=C\CCCCCC(=O)OCC(COP(=O)(O)OCC(O)COP(=O)(O)OCC(COC(=O)CCCCCC/C=C\C/C=C\C/C=C\C/C=C\CC)OC(=O)CCCCCCC/C=C\CCCCCC)OC(=O)CCCCCC/C=C\C/C=C\C/C=C\C/C=C\CC. The number of phosphoric acid groups is 2. The van der Waals surface area contributed by atoms with Gasteiger partial charge in [-0.2, -0.15) is 0 Å². The first-order chi connectivity index (χ1) is 51.7. The third kappa shape index (κ3) is 76.6. The van der Waals surface area contributed by atoms with Crippen LogP contribution in [0.3, 0.4) is 0 Å². The smallest absolute Gasteiger partial charge is 0.462 e. The summed E-state index contributed by atoms with van der Waals surface area (Å²) in [4.78, 5) is 73.1. The average molecular weight is 1520 g/mol. The van der Waals surface area contributed by atoms with Gasteiger partial charge in [-0.25, -0.2) is 9.13 Å². The molecule has 0 amide bonds. The van der Waals surface area contributed by atoms with E-state index < -0.39 is 97.5 Å². The summed E-state index contributed by atoms with van der Waals surface area (Å²) in [5.74, 6) is -2.28. The Balaban J connectivity index is 5.46. The van der Waals surface area contributed by atoms with E-state index in [1.54, 1.807) is 0 Å². The Morgan fingerprint density at radius 1 is 0.274 bits per heavy atom. The Hall–Kier alpha value is -5.58. The molecule has 0 aromatic heterocycles. The number of aliphatic hydroxyl groups excluding tert-OH is 1. The highest BCUT2D eigenvalue weighted by Gasteiger charge is 2.30. The summed E-state index contributed by atoms with van der Waals surface area (Å²) in [5.41, 5.74) is 0. The lowest BCUT2D eigenvalue weighted by Crippen LogP contribution is -2.30. The number of allylic oxidation sites excluding steroid dienone is 28. The Morgan fingerprint density at radius 2 is 0.491 bits per heavy atom. The van der Waals surface area contributed by atoms with Gasteiger partial charge in [0.1, 0.15) is 19.3 Å². The van der Waals surface area contributed by atoms with Crippen molar-refractivity contribution < 1.29 is 80.2 Å². The van der Waals surface area contributed by atoms with Crippen molar-refractivity contribution in [3.8, 4) is 0 Å². The molecule has 0 rings (SSSR count). The number of aliphatic hydroxyl groups is 1. The molecule has 5 atom stereocenters. The topological polar surface area (TPSA) is 237 Å².